The fraction of sp³-hybridized carbons (Fsp3) is 0.0714. The second-order valence-electron chi connectivity index (χ2n) is 3.70. The lowest BCUT2D eigenvalue weighted by Crippen LogP contribution is -1.87. The predicted octanol–water partition coefficient (Wildman–Crippen LogP) is 4.48. The number of ether oxygens (including phenoxy) is 1. The number of aldehydes is 1. The van der Waals surface area contributed by atoms with Crippen molar-refractivity contribution in [3.63, 3.8) is 0 Å². The molecule has 92 valence electrons. The highest BCUT2D eigenvalue weighted by atomic mass is 35.5. The van der Waals surface area contributed by atoms with E-state index in [1.165, 1.54) is 0 Å². The summed E-state index contributed by atoms with van der Waals surface area (Å²) in [5.74, 6) is 0.594. The van der Waals surface area contributed by atoms with Crippen LogP contribution in [-0.4, -0.2) is 13.4 Å². The molecule has 2 rings (SSSR count). The van der Waals surface area contributed by atoms with Gasteiger partial charge < -0.3 is 4.74 Å². The molecule has 0 aromatic heterocycles. The number of halogens is 2. The summed E-state index contributed by atoms with van der Waals surface area (Å²) in [7, 11) is 1.56. The van der Waals surface area contributed by atoms with E-state index in [-0.39, 0.29) is 0 Å². The average Bonchev–Trinajstić information content (AvgIpc) is 2.40. The van der Waals surface area contributed by atoms with Crippen molar-refractivity contribution in [2.24, 2.45) is 0 Å². The maximum Gasteiger partial charge on any atom is 0.151 e. The Morgan fingerprint density at radius 2 is 1.61 bits per heavy atom. The van der Waals surface area contributed by atoms with E-state index < -0.39 is 0 Å². The summed E-state index contributed by atoms with van der Waals surface area (Å²) < 4.78 is 5.16. The molecular formula is C14H10Cl2O2. The van der Waals surface area contributed by atoms with Gasteiger partial charge >= 0.3 is 0 Å². The van der Waals surface area contributed by atoms with Crippen molar-refractivity contribution < 1.29 is 9.53 Å². The van der Waals surface area contributed by atoms with Gasteiger partial charge in [-0.15, -0.1) is 0 Å². The number of carbonyl (C=O) groups excluding carboxylic acids is 1. The van der Waals surface area contributed by atoms with Crippen molar-refractivity contribution in [2.45, 2.75) is 0 Å². The molecule has 0 heterocycles. The Labute approximate surface area is 115 Å². The molecule has 0 saturated heterocycles. The van der Waals surface area contributed by atoms with Crippen molar-refractivity contribution in [2.75, 3.05) is 7.11 Å². The van der Waals surface area contributed by atoms with Crippen LogP contribution in [0, 0.1) is 0 Å². The Hall–Kier alpha value is -1.51. The van der Waals surface area contributed by atoms with Gasteiger partial charge in [0.2, 0.25) is 0 Å². The summed E-state index contributed by atoms with van der Waals surface area (Å²) in [6.45, 7) is 0. The monoisotopic (exact) mass is 280 g/mol. The second-order valence-corrected chi connectivity index (χ2v) is 4.52. The first kappa shape index (κ1) is 12.9. The van der Waals surface area contributed by atoms with Crippen LogP contribution in [0.25, 0.3) is 11.1 Å². The van der Waals surface area contributed by atoms with Crippen molar-refractivity contribution in [1.82, 2.24) is 0 Å². The number of methoxy groups -OCH3 is 1. The first-order chi connectivity index (χ1) is 8.65. The van der Waals surface area contributed by atoms with Gasteiger partial charge in [-0.1, -0.05) is 35.3 Å². The summed E-state index contributed by atoms with van der Waals surface area (Å²) in [5.41, 5.74) is 2.26. The van der Waals surface area contributed by atoms with Crippen LogP contribution in [0.15, 0.2) is 36.4 Å². The predicted molar refractivity (Wildman–Crippen MR) is 73.8 cm³/mol. The summed E-state index contributed by atoms with van der Waals surface area (Å²) in [5, 5.41) is 0.987. The van der Waals surface area contributed by atoms with Crippen LogP contribution in [0.2, 0.25) is 10.0 Å². The van der Waals surface area contributed by atoms with E-state index in [0.29, 0.717) is 21.4 Å². The van der Waals surface area contributed by atoms with Crippen LogP contribution in [0.1, 0.15) is 10.4 Å². The van der Waals surface area contributed by atoms with Gasteiger partial charge in [-0.2, -0.15) is 0 Å². The molecule has 2 aromatic rings. The maximum atomic E-state index is 10.9. The lowest BCUT2D eigenvalue weighted by atomic mass is 10.0. The smallest absolute Gasteiger partial charge is 0.151 e. The zero-order valence-electron chi connectivity index (χ0n) is 9.61. The normalized spacial score (nSPS) is 10.2. The van der Waals surface area contributed by atoms with E-state index >= 15 is 0 Å². The molecule has 2 nitrogen and oxygen atoms in total. The van der Waals surface area contributed by atoms with Crippen LogP contribution in [0.4, 0.5) is 0 Å². The highest BCUT2D eigenvalue weighted by Gasteiger charge is 2.06. The van der Waals surface area contributed by atoms with Crippen LogP contribution in [0.5, 0.6) is 5.75 Å². The number of carbonyl (C=O) groups is 1. The number of hydrogen-bond acceptors (Lipinski definition) is 2. The molecule has 0 radical (unpaired) electrons. The minimum Gasteiger partial charge on any atom is -0.495 e. The fourth-order valence-corrected chi connectivity index (χ4v) is 2.01. The highest BCUT2D eigenvalue weighted by molar-refractivity contribution is 6.33. The Balaban J connectivity index is 2.51. The Morgan fingerprint density at radius 3 is 2.22 bits per heavy atom. The molecule has 4 heteroatoms. The average molecular weight is 281 g/mol. The van der Waals surface area contributed by atoms with E-state index in [9.17, 15) is 4.79 Å². The van der Waals surface area contributed by atoms with E-state index in [2.05, 4.69) is 0 Å². The zero-order valence-corrected chi connectivity index (χ0v) is 11.1. The van der Waals surface area contributed by atoms with Crippen LogP contribution in [0.3, 0.4) is 0 Å². The number of benzene rings is 2. The van der Waals surface area contributed by atoms with E-state index in [1.54, 1.807) is 25.3 Å². The first-order valence-corrected chi connectivity index (χ1v) is 6.00. The van der Waals surface area contributed by atoms with E-state index in [4.69, 9.17) is 27.9 Å². The molecule has 0 aliphatic heterocycles. The molecule has 0 unspecified atom stereocenters. The van der Waals surface area contributed by atoms with Crippen LogP contribution >= 0.6 is 23.2 Å². The van der Waals surface area contributed by atoms with Crippen molar-refractivity contribution in [3.8, 4) is 16.9 Å². The molecule has 2 aromatic carbocycles. The molecule has 18 heavy (non-hydrogen) atoms. The van der Waals surface area contributed by atoms with Gasteiger partial charge in [0.1, 0.15) is 5.75 Å². The molecular weight excluding hydrogens is 271 g/mol. The zero-order chi connectivity index (χ0) is 13.1. The maximum absolute atomic E-state index is 10.9. The molecule has 0 bridgehead atoms. The van der Waals surface area contributed by atoms with Crippen molar-refractivity contribution in [3.05, 3.63) is 52.0 Å². The third-order valence-electron chi connectivity index (χ3n) is 2.61. The Morgan fingerprint density at radius 1 is 1.00 bits per heavy atom. The molecule has 0 spiro atoms. The topological polar surface area (TPSA) is 26.3 Å². The largest absolute Gasteiger partial charge is 0.495 e. The van der Waals surface area contributed by atoms with Gasteiger partial charge in [0.05, 0.1) is 17.2 Å². The van der Waals surface area contributed by atoms with Crippen LogP contribution in [-0.2, 0) is 0 Å². The molecule has 0 saturated carbocycles. The molecule has 0 aliphatic rings. The molecule has 0 aliphatic carbocycles. The minimum absolute atomic E-state index is 0.440. The van der Waals surface area contributed by atoms with Crippen molar-refractivity contribution in [1.29, 1.82) is 0 Å². The van der Waals surface area contributed by atoms with Gasteiger partial charge in [-0.25, -0.2) is 0 Å². The third kappa shape index (κ3) is 2.50. The summed E-state index contributed by atoms with van der Waals surface area (Å²) in [4.78, 5) is 10.9. The van der Waals surface area contributed by atoms with Crippen LogP contribution < -0.4 is 4.74 Å². The Kier molecular flexibility index (Phi) is 3.90. The van der Waals surface area contributed by atoms with Gasteiger partial charge in [-0.05, 0) is 35.4 Å². The lowest BCUT2D eigenvalue weighted by molar-refractivity contribution is 0.112. The summed E-state index contributed by atoms with van der Waals surface area (Å²) in [6, 6.07) is 10.7. The van der Waals surface area contributed by atoms with Gasteiger partial charge in [-0.3, -0.25) is 4.79 Å². The number of hydrogen-bond donors (Lipinski definition) is 0. The minimum atomic E-state index is 0.440. The molecule has 0 atom stereocenters. The lowest BCUT2D eigenvalue weighted by Gasteiger charge is -2.07. The number of rotatable bonds is 3. The van der Waals surface area contributed by atoms with Gasteiger partial charge in [0, 0.05) is 5.56 Å². The standard InChI is InChI=1S/C14H10Cl2O2/c1-18-14-7-10(3-5-13(14)16)9-2-4-12(15)11(6-9)8-17/h2-8H,1H3. The Bertz CT molecular complexity index is 594. The highest BCUT2D eigenvalue weighted by Crippen LogP contribution is 2.31. The molecule has 0 fully saturated rings. The fourth-order valence-electron chi connectivity index (χ4n) is 1.65. The van der Waals surface area contributed by atoms with Gasteiger partial charge in [0.25, 0.3) is 0 Å². The second kappa shape index (κ2) is 5.42. The first-order valence-electron chi connectivity index (χ1n) is 5.24. The quantitative estimate of drug-likeness (QED) is 0.775. The van der Waals surface area contributed by atoms with E-state index in [0.717, 1.165) is 17.4 Å². The summed E-state index contributed by atoms with van der Waals surface area (Å²) >= 11 is 11.9. The molecule has 0 N–H and O–H groups in total. The third-order valence-corrected chi connectivity index (χ3v) is 3.26. The summed E-state index contributed by atoms with van der Waals surface area (Å²) in [6.07, 6.45) is 0.735. The SMILES string of the molecule is COc1cc(-c2ccc(Cl)c(C=O)c2)ccc1Cl. The van der Waals surface area contributed by atoms with Crippen molar-refractivity contribution >= 4 is 29.5 Å². The molecule has 0 amide bonds. The van der Waals surface area contributed by atoms with E-state index in [1.807, 2.05) is 18.2 Å². The van der Waals surface area contributed by atoms with Gasteiger partial charge in [0.15, 0.2) is 6.29 Å².